The summed E-state index contributed by atoms with van der Waals surface area (Å²) in [5.41, 5.74) is 6.69. The van der Waals surface area contributed by atoms with Crippen molar-refractivity contribution < 1.29 is 0 Å². The number of nitrogens with two attached hydrogens (primary N) is 1. The zero-order chi connectivity index (χ0) is 10.8. The first-order valence-electron chi connectivity index (χ1n) is 4.61. The molecule has 15 heavy (non-hydrogen) atoms. The first-order chi connectivity index (χ1) is 7.18. The molecule has 4 nitrogen and oxygen atoms in total. The molecule has 0 fully saturated rings. The summed E-state index contributed by atoms with van der Waals surface area (Å²) in [6.07, 6.45) is 0. The lowest BCUT2D eigenvalue weighted by Crippen LogP contribution is -2.09. The van der Waals surface area contributed by atoms with Gasteiger partial charge in [0, 0.05) is 0 Å². The van der Waals surface area contributed by atoms with Gasteiger partial charge in [-0.2, -0.15) is 4.98 Å². The van der Waals surface area contributed by atoms with Crippen LogP contribution in [0.15, 0.2) is 35.1 Å². The van der Waals surface area contributed by atoms with Crippen molar-refractivity contribution in [1.82, 2.24) is 14.8 Å². The maximum absolute atomic E-state index is 5.52. The molecule has 0 bridgehead atoms. The Balaban J connectivity index is 2.36. The maximum Gasteiger partial charge on any atom is 0.240 e. The molecule has 0 radical (unpaired) electrons. The highest BCUT2D eigenvalue weighted by Crippen LogP contribution is 2.21. The second-order valence-electron chi connectivity index (χ2n) is 3.27. The Bertz CT molecular complexity index is 452. The number of nitrogens with zero attached hydrogens (tertiary/aromatic N) is 3. The predicted octanol–water partition coefficient (Wildman–Crippen LogP) is 2.23. The maximum atomic E-state index is 5.52. The monoisotopic (exact) mass is 266 g/mol. The van der Waals surface area contributed by atoms with Gasteiger partial charge in [-0.15, -0.1) is 5.10 Å². The van der Waals surface area contributed by atoms with Gasteiger partial charge in [-0.25, -0.2) is 4.68 Å². The van der Waals surface area contributed by atoms with Crippen LogP contribution < -0.4 is 5.73 Å². The van der Waals surface area contributed by atoms with Gasteiger partial charge < -0.3 is 5.73 Å². The van der Waals surface area contributed by atoms with E-state index in [2.05, 4.69) is 38.1 Å². The smallest absolute Gasteiger partial charge is 0.240 e. The summed E-state index contributed by atoms with van der Waals surface area (Å²) in [6.45, 7) is 2.05. The lowest BCUT2D eigenvalue weighted by atomic mass is 10.1. The Hall–Kier alpha value is -1.36. The molecule has 2 N–H and O–H groups in total. The number of hydrogen-bond donors (Lipinski definition) is 1. The molecule has 0 aliphatic rings. The molecular weight excluding hydrogens is 256 g/mol. The molecule has 0 saturated carbocycles. The standard InChI is InChI=1S/C10H11BrN4/c1-7(8-5-3-2-4-6-8)15-9(11)13-10(12)14-15/h2-7H,1H3,(H2,12,14). The third kappa shape index (κ3) is 2.02. The highest BCUT2D eigenvalue weighted by Gasteiger charge is 2.13. The van der Waals surface area contributed by atoms with E-state index in [0.29, 0.717) is 4.73 Å². The number of halogens is 1. The average Bonchev–Trinajstić information content (AvgIpc) is 2.58. The van der Waals surface area contributed by atoms with Gasteiger partial charge in [0.25, 0.3) is 0 Å². The van der Waals surface area contributed by atoms with Gasteiger partial charge in [0.15, 0.2) is 4.73 Å². The van der Waals surface area contributed by atoms with Gasteiger partial charge in [-0.1, -0.05) is 30.3 Å². The largest absolute Gasteiger partial charge is 0.366 e. The number of nitrogen functional groups attached to an aromatic ring is 1. The minimum absolute atomic E-state index is 0.116. The van der Waals surface area contributed by atoms with Crippen molar-refractivity contribution in [3.63, 3.8) is 0 Å². The second kappa shape index (κ2) is 4.02. The molecule has 78 valence electrons. The molecule has 0 amide bonds. The van der Waals surface area contributed by atoms with Crippen LogP contribution in [-0.2, 0) is 0 Å². The van der Waals surface area contributed by atoms with E-state index < -0.39 is 0 Å². The Morgan fingerprint density at radius 2 is 2.00 bits per heavy atom. The Morgan fingerprint density at radius 3 is 2.53 bits per heavy atom. The van der Waals surface area contributed by atoms with Crippen LogP contribution in [0.5, 0.6) is 0 Å². The summed E-state index contributed by atoms with van der Waals surface area (Å²) in [7, 11) is 0. The number of rotatable bonds is 2. The Kier molecular flexibility index (Phi) is 2.73. The quantitative estimate of drug-likeness (QED) is 0.907. The lowest BCUT2D eigenvalue weighted by Gasteiger charge is -2.12. The summed E-state index contributed by atoms with van der Waals surface area (Å²) in [5, 5.41) is 4.12. The highest BCUT2D eigenvalue weighted by atomic mass is 79.9. The fourth-order valence-corrected chi connectivity index (χ4v) is 2.01. The van der Waals surface area contributed by atoms with E-state index in [4.69, 9.17) is 5.73 Å². The topological polar surface area (TPSA) is 56.7 Å². The summed E-state index contributed by atoms with van der Waals surface area (Å²) in [6, 6.07) is 10.2. The zero-order valence-corrected chi connectivity index (χ0v) is 9.85. The van der Waals surface area contributed by atoms with Crippen LogP contribution in [0.3, 0.4) is 0 Å². The van der Waals surface area contributed by atoms with Gasteiger partial charge in [0.2, 0.25) is 5.95 Å². The summed E-state index contributed by atoms with van der Waals surface area (Å²) in [4.78, 5) is 4.00. The molecule has 2 aromatic rings. The van der Waals surface area contributed by atoms with Crippen molar-refractivity contribution >= 4 is 21.9 Å². The number of hydrogen-bond acceptors (Lipinski definition) is 3. The van der Waals surface area contributed by atoms with Gasteiger partial charge in [-0.05, 0) is 28.4 Å². The average molecular weight is 267 g/mol. The number of anilines is 1. The molecule has 0 aliphatic carbocycles. The van der Waals surface area contributed by atoms with Crippen molar-refractivity contribution in [3.05, 3.63) is 40.6 Å². The third-order valence-corrected chi connectivity index (χ3v) is 2.80. The van der Waals surface area contributed by atoms with Gasteiger partial charge in [-0.3, -0.25) is 0 Å². The van der Waals surface area contributed by atoms with Crippen LogP contribution in [0.4, 0.5) is 5.95 Å². The van der Waals surface area contributed by atoms with Crippen LogP contribution in [0.25, 0.3) is 0 Å². The van der Waals surface area contributed by atoms with Crippen LogP contribution in [0.2, 0.25) is 0 Å². The van der Waals surface area contributed by atoms with Crippen molar-refractivity contribution in [1.29, 1.82) is 0 Å². The van der Waals surface area contributed by atoms with E-state index in [0.717, 1.165) is 0 Å². The summed E-state index contributed by atoms with van der Waals surface area (Å²) >= 11 is 3.32. The zero-order valence-electron chi connectivity index (χ0n) is 8.26. The molecule has 1 atom stereocenters. The van der Waals surface area contributed by atoms with E-state index in [1.807, 2.05) is 25.1 Å². The van der Waals surface area contributed by atoms with Crippen molar-refractivity contribution in [2.75, 3.05) is 5.73 Å². The number of benzene rings is 1. The van der Waals surface area contributed by atoms with Gasteiger partial charge in [0.05, 0.1) is 6.04 Å². The van der Waals surface area contributed by atoms with Crippen molar-refractivity contribution in [2.24, 2.45) is 0 Å². The Labute approximate surface area is 96.3 Å². The van der Waals surface area contributed by atoms with E-state index in [-0.39, 0.29) is 12.0 Å². The van der Waals surface area contributed by atoms with Crippen LogP contribution in [-0.4, -0.2) is 14.8 Å². The van der Waals surface area contributed by atoms with Gasteiger partial charge in [0.1, 0.15) is 0 Å². The minimum atomic E-state index is 0.116. The normalized spacial score (nSPS) is 12.7. The second-order valence-corrected chi connectivity index (χ2v) is 3.98. The van der Waals surface area contributed by atoms with E-state index >= 15 is 0 Å². The van der Waals surface area contributed by atoms with E-state index in [1.165, 1.54) is 5.56 Å². The van der Waals surface area contributed by atoms with Crippen LogP contribution >= 0.6 is 15.9 Å². The molecule has 0 aliphatic heterocycles. The molecule has 1 aromatic heterocycles. The molecule has 2 rings (SSSR count). The first-order valence-corrected chi connectivity index (χ1v) is 5.40. The predicted molar refractivity (Wildman–Crippen MR) is 62.4 cm³/mol. The van der Waals surface area contributed by atoms with Crippen LogP contribution in [0.1, 0.15) is 18.5 Å². The first kappa shape index (κ1) is 10.2. The van der Waals surface area contributed by atoms with E-state index in [9.17, 15) is 0 Å². The molecule has 1 unspecified atom stereocenters. The lowest BCUT2D eigenvalue weighted by molar-refractivity contribution is 0.552. The Morgan fingerprint density at radius 1 is 1.33 bits per heavy atom. The molecule has 1 heterocycles. The minimum Gasteiger partial charge on any atom is -0.366 e. The van der Waals surface area contributed by atoms with Crippen molar-refractivity contribution in [2.45, 2.75) is 13.0 Å². The van der Waals surface area contributed by atoms with Crippen molar-refractivity contribution in [3.8, 4) is 0 Å². The fourth-order valence-electron chi connectivity index (χ4n) is 1.44. The number of aromatic nitrogens is 3. The van der Waals surface area contributed by atoms with Crippen LogP contribution in [0, 0.1) is 0 Å². The third-order valence-electron chi connectivity index (χ3n) is 2.25. The molecule has 0 saturated heterocycles. The molecular formula is C10H11BrN4. The van der Waals surface area contributed by atoms with E-state index in [1.54, 1.807) is 4.68 Å². The SMILES string of the molecule is CC(c1ccccc1)n1nc(N)nc1Br. The van der Waals surface area contributed by atoms with Gasteiger partial charge >= 0.3 is 0 Å². The molecule has 0 spiro atoms. The fraction of sp³-hybridized carbons (Fsp3) is 0.200. The highest BCUT2D eigenvalue weighted by molar-refractivity contribution is 9.10. The summed E-state index contributed by atoms with van der Waals surface area (Å²) in [5.74, 6) is 0.282. The molecule has 5 heteroatoms. The summed E-state index contributed by atoms with van der Waals surface area (Å²) < 4.78 is 2.40. The molecule has 1 aromatic carbocycles.